The van der Waals surface area contributed by atoms with Gasteiger partial charge < -0.3 is 24.9 Å². The van der Waals surface area contributed by atoms with Gasteiger partial charge in [0.05, 0.1) is 11.9 Å². The standard InChI is InChI=1S/C4H4O4.C3H4O2.2Li/c5-3(6)1-2-4(7)8;1-2-3(4)5;;/h1-2H,(H,5,6)(H,7,8);2H,1H2,(H,4,5);;/q;;2*+1/p-2/b2-1-;;;. The van der Waals surface area contributed by atoms with E-state index in [9.17, 15) is 24.6 Å². The van der Waals surface area contributed by atoms with Crippen molar-refractivity contribution in [1.82, 2.24) is 0 Å². The molecule has 0 atom stereocenters. The minimum absolute atomic E-state index is 0. The summed E-state index contributed by atoms with van der Waals surface area (Å²) in [6.45, 7) is 2.96. The Morgan fingerprint density at radius 1 is 1.00 bits per heavy atom. The molecule has 0 aliphatic carbocycles. The Morgan fingerprint density at radius 2 is 1.20 bits per heavy atom. The van der Waals surface area contributed by atoms with Crippen LogP contribution in [-0.4, -0.2) is 23.0 Å². The third kappa shape index (κ3) is 43.4. The number of aliphatic carboxylic acids is 3. The third-order valence-electron chi connectivity index (χ3n) is 0.530. The van der Waals surface area contributed by atoms with Gasteiger partial charge in [-0.2, -0.15) is 0 Å². The molecule has 0 aliphatic heterocycles. The van der Waals surface area contributed by atoms with Crippen LogP contribution in [0.2, 0.25) is 0 Å². The quantitative estimate of drug-likeness (QED) is 0.357. The zero-order valence-corrected chi connectivity index (χ0v) is 8.43. The maximum atomic E-state index is 9.41. The van der Waals surface area contributed by atoms with E-state index < -0.39 is 17.9 Å². The fraction of sp³-hybridized carbons (Fsp3) is 0. The Morgan fingerprint density at radius 3 is 1.27 bits per heavy atom. The van der Waals surface area contributed by atoms with Gasteiger partial charge in [0, 0.05) is 6.08 Å². The molecular formula is C7H6Li2O6. The van der Waals surface area contributed by atoms with Gasteiger partial charge in [0.2, 0.25) is 0 Å². The number of carboxylic acid groups (broad SMARTS) is 3. The van der Waals surface area contributed by atoms with Crippen molar-refractivity contribution in [3.05, 3.63) is 24.8 Å². The van der Waals surface area contributed by atoms with Gasteiger partial charge in [-0.15, -0.1) is 0 Å². The molecule has 0 fully saturated rings. The molecule has 0 unspecified atom stereocenters. The average molecular weight is 200 g/mol. The Bertz CT molecular complexity index is 232. The van der Waals surface area contributed by atoms with Crippen molar-refractivity contribution >= 4 is 17.9 Å². The van der Waals surface area contributed by atoms with Gasteiger partial charge in [-0.05, 0) is 12.2 Å². The normalized spacial score (nSPS) is 7.20. The summed E-state index contributed by atoms with van der Waals surface area (Å²) in [5.41, 5.74) is 0. The summed E-state index contributed by atoms with van der Waals surface area (Å²) in [5.74, 6) is -4.08. The molecule has 0 saturated heterocycles. The summed E-state index contributed by atoms with van der Waals surface area (Å²) in [5, 5.41) is 26.4. The topological polar surface area (TPSA) is 118 Å². The number of carbonyl (C=O) groups is 3. The zero-order valence-electron chi connectivity index (χ0n) is 8.43. The smallest absolute Gasteiger partial charge is 0.545 e. The first-order valence-corrected chi connectivity index (χ1v) is 2.85. The minimum atomic E-state index is -1.55. The van der Waals surface area contributed by atoms with Crippen molar-refractivity contribution in [1.29, 1.82) is 0 Å². The van der Waals surface area contributed by atoms with E-state index in [0.717, 1.165) is 6.08 Å². The Hall–Kier alpha value is -0.915. The molecule has 0 aromatic rings. The first kappa shape index (κ1) is 23.7. The zero-order chi connectivity index (χ0) is 10.9. The SMILES string of the molecule is C=CC(=O)O.O=C([O-])/C=C\C(=O)[O-].[Li+].[Li+]. The monoisotopic (exact) mass is 200 g/mol. The van der Waals surface area contributed by atoms with Crippen LogP contribution in [0.5, 0.6) is 0 Å². The van der Waals surface area contributed by atoms with Gasteiger partial charge >= 0.3 is 43.7 Å². The molecule has 15 heavy (non-hydrogen) atoms. The fourth-order valence-corrected chi connectivity index (χ4v) is 0.136. The number of rotatable bonds is 3. The second-order valence-electron chi connectivity index (χ2n) is 1.51. The van der Waals surface area contributed by atoms with E-state index in [2.05, 4.69) is 6.58 Å². The van der Waals surface area contributed by atoms with Crippen molar-refractivity contribution < 1.29 is 67.4 Å². The maximum Gasteiger partial charge on any atom is 1.00 e. The molecule has 0 heterocycles. The van der Waals surface area contributed by atoms with Gasteiger partial charge in [0.15, 0.2) is 0 Å². The fourth-order valence-electron chi connectivity index (χ4n) is 0.136. The van der Waals surface area contributed by atoms with Crippen molar-refractivity contribution in [3.63, 3.8) is 0 Å². The van der Waals surface area contributed by atoms with Crippen LogP contribution in [0.25, 0.3) is 0 Å². The van der Waals surface area contributed by atoms with Crippen LogP contribution in [0, 0.1) is 0 Å². The van der Waals surface area contributed by atoms with Gasteiger partial charge in [0.25, 0.3) is 0 Å². The summed E-state index contributed by atoms with van der Waals surface area (Å²) in [6, 6.07) is 0. The van der Waals surface area contributed by atoms with Crippen LogP contribution in [-0.2, 0) is 14.4 Å². The summed E-state index contributed by atoms with van der Waals surface area (Å²) in [4.78, 5) is 28.1. The molecule has 6 nitrogen and oxygen atoms in total. The second kappa shape index (κ2) is 15.6. The first-order chi connectivity index (χ1) is 5.90. The summed E-state index contributed by atoms with van der Waals surface area (Å²) in [6.07, 6.45) is 1.60. The summed E-state index contributed by atoms with van der Waals surface area (Å²) in [7, 11) is 0. The van der Waals surface area contributed by atoms with Crippen molar-refractivity contribution in [2.45, 2.75) is 0 Å². The Balaban J connectivity index is -0.0000000770. The molecule has 0 rings (SSSR count). The molecule has 0 aromatic heterocycles. The summed E-state index contributed by atoms with van der Waals surface area (Å²) >= 11 is 0. The van der Waals surface area contributed by atoms with E-state index >= 15 is 0 Å². The molecule has 1 N–H and O–H groups in total. The molecule has 0 spiro atoms. The molecule has 0 amide bonds. The molecule has 0 radical (unpaired) electrons. The number of carboxylic acids is 3. The van der Waals surface area contributed by atoms with E-state index in [4.69, 9.17) is 5.11 Å². The maximum absolute atomic E-state index is 9.41. The first-order valence-electron chi connectivity index (χ1n) is 2.85. The molecule has 0 aliphatic rings. The van der Waals surface area contributed by atoms with Crippen LogP contribution in [0.3, 0.4) is 0 Å². The van der Waals surface area contributed by atoms with Crippen LogP contribution >= 0.6 is 0 Å². The number of hydrogen-bond donors (Lipinski definition) is 1. The minimum Gasteiger partial charge on any atom is -0.545 e. The Kier molecular flexibility index (Phi) is 24.6. The predicted octanol–water partition coefficient (Wildman–Crippen LogP) is -8.69. The summed E-state index contributed by atoms with van der Waals surface area (Å²) < 4.78 is 0. The van der Waals surface area contributed by atoms with E-state index in [1.165, 1.54) is 0 Å². The van der Waals surface area contributed by atoms with Gasteiger partial charge in [0.1, 0.15) is 0 Å². The van der Waals surface area contributed by atoms with Gasteiger partial charge in [-0.25, -0.2) is 4.79 Å². The van der Waals surface area contributed by atoms with Gasteiger partial charge in [-0.1, -0.05) is 6.58 Å². The largest absolute Gasteiger partial charge is 1.00 e. The molecular weight excluding hydrogens is 194 g/mol. The number of carbonyl (C=O) groups excluding carboxylic acids is 2. The van der Waals surface area contributed by atoms with Crippen molar-refractivity contribution in [3.8, 4) is 0 Å². The van der Waals surface area contributed by atoms with Crippen molar-refractivity contribution in [2.24, 2.45) is 0 Å². The molecule has 0 aromatic carbocycles. The molecule has 0 bridgehead atoms. The predicted molar refractivity (Wildman–Crippen MR) is 37.0 cm³/mol. The third-order valence-corrected chi connectivity index (χ3v) is 0.530. The second-order valence-corrected chi connectivity index (χ2v) is 1.51. The molecule has 0 saturated carbocycles. The van der Waals surface area contributed by atoms with Crippen LogP contribution in [0.15, 0.2) is 24.8 Å². The Labute approximate surface area is 110 Å². The average Bonchev–Trinajstić information content (AvgIpc) is 2.02. The van der Waals surface area contributed by atoms with E-state index in [1.54, 1.807) is 0 Å². The number of hydrogen-bond acceptors (Lipinski definition) is 5. The van der Waals surface area contributed by atoms with E-state index in [1.807, 2.05) is 0 Å². The molecule has 72 valence electrons. The van der Waals surface area contributed by atoms with E-state index in [0.29, 0.717) is 12.2 Å². The van der Waals surface area contributed by atoms with Crippen LogP contribution < -0.4 is 47.9 Å². The van der Waals surface area contributed by atoms with Crippen molar-refractivity contribution in [2.75, 3.05) is 0 Å². The van der Waals surface area contributed by atoms with Gasteiger partial charge in [-0.3, -0.25) is 0 Å². The van der Waals surface area contributed by atoms with Crippen LogP contribution in [0.1, 0.15) is 0 Å². The van der Waals surface area contributed by atoms with E-state index in [-0.39, 0.29) is 37.7 Å². The molecule has 8 heteroatoms. The van der Waals surface area contributed by atoms with Crippen LogP contribution in [0.4, 0.5) is 0 Å².